The number of esters is 1. The van der Waals surface area contributed by atoms with Gasteiger partial charge in [0.2, 0.25) is 0 Å². The van der Waals surface area contributed by atoms with Gasteiger partial charge in [0.1, 0.15) is 0 Å². The molecule has 2 heteroatoms. The van der Waals surface area contributed by atoms with Gasteiger partial charge in [-0.25, -0.2) is 4.79 Å². The maximum Gasteiger partial charge on any atom is 0.337 e. The SMILES string of the molecule is C=Cc1cc(C(=O)OC)cc(C(C)(C)C)c1. The molecular formula is C14H18O2. The van der Waals surface area contributed by atoms with E-state index in [0.717, 1.165) is 11.1 Å². The second-order valence-corrected chi connectivity index (χ2v) is 4.79. The van der Waals surface area contributed by atoms with E-state index in [4.69, 9.17) is 4.74 Å². The Balaban J connectivity index is 3.32. The maximum absolute atomic E-state index is 11.5. The molecule has 0 unspecified atom stereocenters. The molecule has 0 N–H and O–H groups in total. The van der Waals surface area contributed by atoms with Crippen LogP contribution in [-0.4, -0.2) is 13.1 Å². The van der Waals surface area contributed by atoms with Crippen LogP contribution in [0.1, 0.15) is 42.3 Å². The Morgan fingerprint density at radius 1 is 1.31 bits per heavy atom. The van der Waals surface area contributed by atoms with Gasteiger partial charge in [-0.3, -0.25) is 0 Å². The highest BCUT2D eigenvalue weighted by Crippen LogP contribution is 2.25. The Morgan fingerprint density at radius 3 is 2.38 bits per heavy atom. The zero-order valence-electron chi connectivity index (χ0n) is 10.3. The van der Waals surface area contributed by atoms with E-state index in [1.165, 1.54) is 7.11 Å². The normalized spacial score (nSPS) is 11.0. The van der Waals surface area contributed by atoms with Crippen LogP contribution in [0.15, 0.2) is 24.8 Å². The molecule has 0 heterocycles. The van der Waals surface area contributed by atoms with Crippen LogP contribution < -0.4 is 0 Å². The predicted octanol–water partition coefficient (Wildman–Crippen LogP) is 3.41. The second-order valence-electron chi connectivity index (χ2n) is 4.79. The molecule has 0 aliphatic heterocycles. The highest BCUT2D eigenvalue weighted by molar-refractivity contribution is 5.90. The lowest BCUT2D eigenvalue weighted by Crippen LogP contribution is -2.13. The molecule has 1 aromatic carbocycles. The van der Waals surface area contributed by atoms with E-state index in [-0.39, 0.29) is 11.4 Å². The smallest absolute Gasteiger partial charge is 0.337 e. The highest BCUT2D eigenvalue weighted by Gasteiger charge is 2.17. The molecule has 86 valence electrons. The van der Waals surface area contributed by atoms with E-state index in [0.29, 0.717) is 5.56 Å². The van der Waals surface area contributed by atoms with Crippen molar-refractivity contribution in [3.63, 3.8) is 0 Å². The monoisotopic (exact) mass is 218 g/mol. The van der Waals surface area contributed by atoms with E-state index < -0.39 is 0 Å². The van der Waals surface area contributed by atoms with Gasteiger partial charge in [0.15, 0.2) is 0 Å². The fraction of sp³-hybridized carbons (Fsp3) is 0.357. The standard InChI is InChI=1S/C14H18O2/c1-6-10-7-11(13(15)16-5)9-12(8-10)14(2,3)4/h6-9H,1H2,2-5H3. The van der Waals surface area contributed by atoms with Gasteiger partial charge in [0, 0.05) is 0 Å². The van der Waals surface area contributed by atoms with Crippen LogP contribution in [0.3, 0.4) is 0 Å². The quantitative estimate of drug-likeness (QED) is 0.711. The summed E-state index contributed by atoms with van der Waals surface area (Å²) in [5, 5.41) is 0. The Bertz CT molecular complexity index is 411. The summed E-state index contributed by atoms with van der Waals surface area (Å²) in [6.07, 6.45) is 1.74. The minimum atomic E-state index is -0.311. The first kappa shape index (κ1) is 12.5. The molecule has 0 aromatic heterocycles. The lowest BCUT2D eigenvalue weighted by Gasteiger charge is -2.20. The van der Waals surface area contributed by atoms with Crippen molar-refractivity contribution in [3.05, 3.63) is 41.5 Å². The Morgan fingerprint density at radius 2 is 1.94 bits per heavy atom. The minimum Gasteiger partial charge on any atom is -0.465 e. The summed E-state index contributed by atoms with van der Waals surface area (Å²) in [5.41, 5.74) is 2.62. The van der Waals surface area contributed by atoms with Gasteiger partial charge in [0.25, 0.3) is 0 Å². The van der Waals surface area contributed by atoms with Crippen molar-refractivity contribution in [1.29, 1.82) is 0 Å². The second kappa shape index (κ2) is 4.52. The molecular weight excluding hydrogens is 200 g/mol. The van der Waals surface area contributed by atoms with Crippen molar-refractivity contribution in [2.24, 2.45) is 0 Å². The fourth-order valence-electron chi connectivity index (χ4n) is 1.44. The van der Waals surface area contributed by atoms with Crippen molar-refractivity contribution in [3.8, 4) is 0 Å². The van der Waals surface area contributed by atoms with Crippen LogP contribution in [0.5, 0.6) is 0 Å². The van der Waals surface area contributed by atoms with Crippen LogP contribution in [0, 0.1) is 0 Å². The van der Waals surface area contributed by atoms with Crippen molar-refractivity contribution < 1.29 is 9.53 Å². The number of hydrogen-bond acceptors (Lipinski definition) is 2. The van der Waals surface area contributed by atoms with Crippen LogP contribution >= 0.6 is 0 Å². The first-order valence-electron chi connectivity index (χ1n) is 5.25. The number of hydrogen-bond donors (Lipinski definition) is 0. The van der Waals surface area contributed by atoms with Gasteiger partial charge in [-0.1, -0.05) is 39.5 Å². The summed E-state index contributed by atoms with van der Waals surface area (Å²) < 4.78 is 4.73. The molecule has 0 radical (unpaired) electrons. The lowest BCUT2D eigenvalue weighted by atomic mass is 9.85. The minimum absolute atomic E-state index is 0.00178. The van der Waals surface area contributed by atoms with Crippen LogP contribution in [-0.2, 0) is 10.2 Å². The third-order valence-corrected chi connectivity index (χ3v) is 2.48. The summed E-state index contributed by atoms with van der Waals surface area (Å²) in [5.74, 6) is -0.311. The Kier molecular flexibility index (Phi) is 3.53. The first-order chi connectivity index (χ1) is 7.38. The average Bonchev–Trinajstić information content (AvgIpc) is 2.26. The van der Waals surface area contributed by atoms with E-state index in [1.807, 2.05) is 12.1 Å². The molecule has 0 atom stereocenters. The van der Waals surface area contributed by atoms with Crippen molar-refractivity contribution in [1.82, 2.24) is 0 Å². The fourth-order valence-corrected chi connectivity index (χ4v) is 1.44. The van der Waals surface area contributed by atoms with Gasteiger partial charge in [0.05, 0.1) is 12.7 Å². The molecule has 0 aliphatic rings. The highest BCUT2D eigenvalue weighted by atomic mass is 16.5. The van der Waals surface area contributed by atoms with Gasteiger partial charge in [-0.2, -0.15) is 0 Å². The number of carbonyl (C=O) groups is 1. The summed E-state index contributed by atoms with van der Waals surface area (Å²) in [6, 6.07) is 5.70. The number of rotatable bonds is 2. The van der Waals surface area contributed by atoms with E-state index in [2.05, 4.69) is 27.4 Å². The van der Waals surface area contributed by atoms with Gasteiger partial charge in [-0.15, -0.1) is 0 Å². The topological polar surface area (TPSA) is 26.3 Å². The van der Waals surface area contributed by atoms with Crippen LogP contribution in [0.4, 0.5) is 0 Å². The summed E-state index contributed by atoms with van der Waals surface area (Å²) in [6.45, 7) is 10.1. The third-order valence-electron chi connectivity index (χ3n) is 2.48. The molecule has 16 heavy (non-hydrogen) atoms. The van der Waals surface area contributed by atoms with Crippen LogP contribution in [0.2, 0.25) is 0 Å². The average molecular weight is 218 g/mol. The first-order valence-corrected chi connectivity index (χ1v) is 5.25. The molecule has 0 spiro atoms. The third kappa shape index (κ3) is 2.72. The summed E-state index contributed by atoms with van der Waals surface area (Å²) in [4.78, 5) is 11.5. The van der Waals surface area contributed by atoms with Gasteiger partial charge in [-0.05, 0) is 28.7 Å². The zero-order valence-corrected chi connectivity index (χ0v) is 10.3. The Hall–Kier alpha value is -1.57. The van der Waals surface area contributed by atoms with E-state index in [9.17, 15) is 4.79 Å². The van der Waals surface area contributed by atoms with Crippen molar-refractivity contribution in [2.45, 2.75) is 26.2 Å². The largest absolute Gasteiger partial charge is 0.465 e. The molecule has 0 fully saturated rings. The van der Waals surface area contributed by atoms with Gasteiger partial charge < -0.3 is 4.74 Å². The zero-order chi connectivity index (χ0) is 12.3. The maximum atomic E-state index is 11.5. The molecule has 0 amide bonds. The molecule has 1 rings (SSSR count). The number of methoxy groups -OCH3 is 1. The Labute approximate surface area is 96.9 Å². The number of benzene rings is 1. The molecule has 0 bridgehead atoms. The van der Waals surface area contributed by atoms with Crippen molar-refractivity contribution in [2.75, 3.05) is 7.11 Å². The molecule has 0 saturated heterocycles. The predicted molar refractivity (Wildman–Crippen MR) is 66.6 cm³/mol. The summed E-state index contributed by atoms with van der Waals surface area (Å²) in [7, 11) is 1.39. The molecule has 0 aliphatic carbocycles. The number of ether oxygens (including phenoxy) is 1. The molecule has 0 saturated carbocycles. The molecule has 1 aromatic rings. The molecule has 2 nitrogen and oxygen atoms in total. The van der Waals surface area contributed by atoms with Crippen LogP contribution in [0.25, 0.3) is 6.08 Å². The van der Waals surface area contributed by atoms with Gasteiger partial charge >= 0.3 is 5.97 Å². The van der Waals surface area contributed by atoms with E-state index >= 15 is 0 Å². The lowest BCUT2D eigenvalue weighted by molar-refractivity contribution is 0.0600. The van der Waals surface area contributed by atoms with E-state index in [1.54, 1.807) is 12.1 Å². The number of carbonyl (C=O) groups excluding carboxylic acids is 1. The van der Waals surface area contributed by atoms with Crippen molar-refractivity contribution >= 4 is 12.0 Å². The summed E-state index contributed by atoms with van der Waals surface area (Å²) >= 11 is 0.